The molecule has 0 amide bonds. The lowest BCUT2D eigenvalue weighted by Crippen LogP contribution is -2.12. The minimum absolute atomic E-state index is 0.414. The van der Waals surface area contributed by atoms with Crippen LogP contribution in [-0.4, -0.2) is 25.0 Å². The molecule has 0 unspecified atom stereocenters. The first-order valence-corrected chi connectivity index (χ1v) is 4.62. The summed E-state index contributed by atoms with van der Waals surface area (Å²) >= 11 is 0. The van der Waals surface area contributed by atoms with Crippen LogP contribution in [0.5, 0.6) is 0 Å². The summed E-state index contributed by atoms with van der Waals surface area (Å²) in [5.74, 6) is 0.651. The number of nitrogens with two attached hydrogens (primary N) is 1. The van der Waals surface area contributed by atoms with Gasteiger partial charge >= 0.3 is 0 Å². The molecule has 6 heteroatoms. The summed E-state index contributed by atoms with van der Waals surface area (Å²) in [4.78, 5) is 3.87. The van der Waals surface area contributed by atoms with E-state index in [2.05, 4.69) is 20.3 Å². The number of aryl methyl sites for hydroxylation is 1. The van der Waals surface area contributed by atoms with Gasteiger partial charge in [0.05, 0.1) is 5.69 Å². The fourth-order valence-electron chi connectivity index (χ4n) is 1.39. The molecule has 2 aromatic rings. The predicted molar refractivity (Wildman–Crippen MR) is 54.3 cm³/mol. The maximum absolute atomic E-state index is 5.70. The highest BCUT2D eigenvalue weighted by atomic mass is 15.4. The van der Waals surface area contributed by atoms with E-state index in [1.54, 1.807) is 11.0 Å². The van der Waals surface area contributed by atoms with Crippen LogP contribution >= 0.6 is 0 Å². The molecule has 0 aromatic carbocycles. The summed E-state index contributed by atoms with van der Waals surface area (Å²) in [7, 11) is 0. The highest BCUT2D eigenvalue weighted by Crippen LogP contribution is 2.15. The van der Waals surface area contributed by atoms with Gasteiger partial charge < -0.3 is 5.73 Å². The monoisotopic (exact) mass is 204 g/mol. The Bertz CT molecular complexity index is 462. The second-order valence-corrected chi connectivity index (χ2v) is 3.26. The number of rotatable bonds is 2. The maximum Gasteiger partial charge on any atom is 0.182 e. The van der Waals surface area contributed by atoms with Crippen LogP contribution in [0.1, 0.15) is 16.8 Å². The minimum atomic E-state index is 0.414. The standard InChI is InChI=1S/C9H12N6/c1-6-7(2)13-14-9(8(6)3-10)15-5-11-4-12-15/h4-5H,3,10H2,1-2H3. The number of hydrogen-bond acceptors (Lipinski definition) is 5. The first-order valence-electron chi connectivity index (χ1n) is 4.62. The summed E-state index contributed by atoms with van der Waals surface area (Å²) < 4.78 is 1.57. The fourth-order valence-corrected chi connectivity index (χ4v) is 1.39. The van der Waals surface area contributed by atoms with Gasteiger partial charge in [-0.25, -0.2) is 9.67 Å². The third-order valence-electron chi connectivity index (χ3n) is 2.40. The van der Waals surface area contributed by atoms with Crippen LogP contribution < -0.4 is 5.73 Å². The molecule has 0 atom stereocenters. The Labute approximate surface area is 87.2 Å². The molecule has 78 valence electrons. The molecule has 0 bridgehead atoms. The first-order chi connectivity index (χ1) is 7.24. The van der Waals surface area contributed by atoms with Gasteiger partial charge in [0, 0.05) is 12.1 Å². The Morgan fingerprint density at radius 2 is 2.13 bits per heavy atom. The lowest BCUT2D eigenvalue weighted by atomic mass is 10.1. The SMILES string of the molecule is Cc1nnc(-n2cncn2)c(CN)c1C. The highest BCUT2D eigenvalue weighted by Gasteiger charge is 2.11. The van der Waals surface area contributed by atoms with Gasteiger partial charge in [-0.1, -0.05) is 0 Å². The quantitative estimate of drug-likeness (QED) is 0.752. The lowest BCUT2D eigenvalue weighted by molar-refractivity contribution is 0.774. The predicted octanol–water partition coefficient (Wildman–Crippen LogP) is 0.133. The van der Waals surface area contributed by atoms with E-state index in [0.29, 0.717) is 12.4 Å². The molecule has 0 fully saturated rings. The molecule has 0 saturated carbocycles. The average molecular weight is 204 g/mol. The van der Waals surface area contributed by atoms with E-state index in [9.17, 15) is 0 Å². The van der Waals surface area contributed by atoms with Crippen molar-refractivity contribution >= 4 is 0 Å². The van der Waals surface area contributed by atoms with E-state index < -0.39 is 0 Å². The van der Waals surface area contributed by atoms with E-state index in [0.717, 1.165) is 16.8 Å². The van der Waals surface area contributed by atoms with Crippen molar-refractivity contribution in [1.29, 1.82) is 0 Å². The summed E-state index contributed by atoms with van der Waals surface area (Å²) in [5.41, 5.74) is 8.59. The molecule has 0 aliphatic heterocycles. The average Bonchev–Trinajstić information content (AvgIpc) is 2.75. The topological polar surface area (TPSA) is 82.5 Å². The van der Waals surface area contributed by atoms with Crippen molar-refractivity contribution in [2.75, 3.05) is 0 Å². The van der Waals surface area contributed by atoms with E-state index >= 15 is 0 Å². The van der Waals surface area contributed by atoms with Crippen LogP contribution in [0.2, 0.25) is 0 Å². The Kier molecular flexibility index (Phi) is 2.42. The van der Waals surface area contributed by atoms with Gasteiger partial charge in [0.1, 0.15) is 12.7 Å². The molecule has 2 rings (SSSR count). The molecule has 2 heterocycles. The largest absolute Gasteiger partial charge is 0.326 e. The molecule has 15 heavy (non-hydrogen) atoms. The Hall–Kier alpha value is -1.82. The van der Waals surface area contributed by atoms with Crippen LogP contribution in [-0.2, 0) is 6.54 Å². The number of aromatic nitrogens is 5. The zero-order valence-corrected chi connectivity index (χ0v) is 8.68. The summed E-state index contributed by atoms with van der Waals surface area (Å²) in [6, 6.07) is 0. The molecule has 0 aliphatic carbocycles. The van der Waals surface area contributed by atoms with Crippen LogP contribution in [0.4, 0.5) is 0 Å². The van der Waals surface area contributed by atoms with Crippen molar-refractivity contribution < 1.29 is 0 Å². The third kappa shape index (κ3) is 1.59. The highest BCUT2D eigenvalue weighted by molar-refractivity contribution is 5.39. The molecule has 2 aromatic heterocycles. The van der Waals surface area contributed by atoms with Gasteiger partial charge in [0.2, 0.25) is 0 Å². The molecule has 0 aliphatic rings. The molecule has 2 N–H and O–H groups in total. The second kappa shape index (κ2) is 3.74. The maximum atomic E-state index is 5.70. The summed E-state index contributed by atoms with van der Waals surface area (Å²) in [5, 5.41) is 12.1. The van der Waals surface area contributed by atoms with Crippen LogP contribution in [0.3, 0.4) is 0 Å². The van der Waals surface area contributed by atoms with Gasteiger partial charge in [0.25, 0.3) is 0 Å². The zero-order valence-electron chi connectivity index (χ0n) is 8.68. The van der Waals surface area contributed by atoms with Crippen molar-refractivity contribution in [3.8, 4) is 5.82 Å². The van der Waals surface area contributed by atoms with Crippen molar-refractivity contribution in [3.63, 3.8) is 0 Å². The molecule has 6 nitrogen and oxygen atoms in total. The van der Waals surface area contributed by atoms with Crippen molar-refractivity contribution in [3.05, 3.63) is 29.5 Å². The molecule has 0 spiro atoms. The van der Waals surface area contributed by atoms with E-state index in [4.69, 9.17) is 5.73 Å². The summed E-state index contributed by atoms with van der Waals surface area (Å²) in [6.07, 6.45) is 3.04. The van der Waals surface area contributed by atoms with Crippen LogP contribution in [0.25, 0.3) is 5.82 Å². The molecular weight excluding hydrogens is 192 g/mol. The fraction of sp³-hybridized carbons (Fsp3) is 0.333. The Morgan fingerprint density at radius 3 is 2.73 bits per heavy atom. The molecule has 0 saturated heterocycles. The normalized spacial score (nSPS) is 10.6. The van der Waals surface area contributed by atoms with Gasteiger partial charge in [-0.3, -0.25) is 0 Å². The van der Waals surface area contributed by atoms with Gasteiger partial charge in [0.15, 0.2) is 5.82 Å². The molecule has 0 radical (unpaired) electrons. The van der Waals surface area contributed by atoms with E-state index in [1.165, 1.54) is 6.33 Å². The summed E-state index contributed by atoms with van der Waals surface area (Å²) in [6.45, 7) is 4.30. The van der Waals surface area contributed by atoms with Crippen molar-refractivity contribution in [2.24, 2.45) is 5.73 Å². The van der Waals surface area contributed by atoms with Crippen LogP contribution in [0, 0.1) is 13.8 Å². The van der Waals surface area contributed by atoms with Gasteiger partial charge in [-0.05, 0) is 19.4 Å². The van der Waals surface area contributed by atoms with Crippen LogP contribution in [0.15, 0.2) is 12.7 Å². The van der Waals surface area contributed by atoms with E-state index in [-0.39, 0.29) is 0 Å². The minimum Gasteiger partial charge on any atom is -0.326 e. The van der Waals surface area contributed by atoms with Crippen molar-refractivity contribution in [2.45, 2.75) is 20.4 Å². The smallest absolute Gasteiger partial charge is 0.182 e. The van der Waals surface area contributed by atoms with Gasteiger partial charge in [-0.2, -0.15) is 10.2 Å². The first kappa shape index (κ1) is 9.72. The zero-order chi connectivity index (χ0) is 10.8. The third-order valence-corrected chi connectivity index (χ3v) is 2.40. The van der Waals surface area contributed by atoms with Crippen molar-refractivity contribution in [1.82, 2.24) is 25.0 Å². The number of hydrogen-bond donors (Lipinski definition) is 1. The van der Waals surface area contributed by atoms with Gasteiger partial charge in [-0.15, -0.1) is 5.10 Å². The lowest BCUT2D eigenvalue weighted by Gasteiger charge is -2.09. The number of nitrogens with zero attached hydrogens (tertiary/aromatic N) is 5. The molecular formula is C9H12N6. The Morgan fingerprint density at radius 1 is 1.33 bits per heavy atom. The Balaban J connectivity index is 2.62. The van der Waals surface area contributed by atoms with E-state index in [1.807, 2.05) is 13.8 Å². The second-order valence-electron chi connectivity index (χ2n) is 3.26.